The van der Waals surface area contributed by atoms with E-state index >= 15 is 0 Å². The van der Waals surface area contributed by atoms with Gasteiger partial charge in [0.1, 0.15) is 9.50 Å². The number of hydrogen-bond acceptors (Lipinski definition) is 4. The van der Waals surface area contributed by atoms with Gasteiger partial charge in [0, 0.05) is 16.9 Å². The fraction of sp³-hybridized carbons (Fsp3) is 0.167. The summed E-state index contributed by atoms with van der Waals surface area (Å²) in [5.74, 6) is 0. The number of halogens is 4. The summed E-state index contributed by atoms with van der Waals surface area (Å²) in [5.41, 5.74) is 3.99. The number of hydrogen-bond donors (Lipinski definition) is 1. The van der Waals surface area contributed by atoms with Gasteiger partial charge in [-0.15, -0.1) is 0 Å². The minimum atomic E-state index is -4.22. The van der Waals surface area contributed by atoms with Crippen LogP contribution in [-0.2, 0) is 9.05 Å². The Morgan fingerprint density at radius 3 is 2.47 bits per heavy atom. The summed E-state index contributed by atoms with van der Waals surface area (Å²) in [4.78, 5) is 2.78. The Morgan fingerprint density at radius 1 is 1.53 bits per heavy atom. The van der Waals surface area contributed by atoms with Crippen molar-refractivity contribution in [3.63, 3.8) is 0 Å². The normalized spacial score (nSPS) is 12.1. The highest BCUT2D eigenvalue weighted by molar-refractivity contribution is 9.10. The van der Waals surface area contributed by atoms with E-state index in [1.54, 1.807) is 0 Å². The van der Waals surface area contributed by atoms with Crippen molar-refractivity contribution in [3.05, 3.63) is 16.4 Å². The molecule has 1 rings (SSSR count). The summed E-state index contributed by atoms with van der Waals surface area (Å²) in [7, 11) is 0.807. The molecule has 1 aromatic rings. The molecule has 0 bridgehead atoms. The second-order valence-electron chi connectivity index (χ2n) is 2.49. The predicted octanol–water partition coefficient (Wildman–Crippen LogP) is 2.29. The van der Waals surface area contributed by atoms with E-state index in [0.29, 0.717) is 0 Å². The Labute approximate surface area is 97.0 Å². The highest BCUT2D eigenvalue weighted by Gasteiger charge is 2.25. The monoisotopic (exact) mass is 320 g/mol. The minimum Gasteiger partial charge on any atom is -0.397 e. The summed E-state index contributed by atoms with van der Waals surface area (Å²) in [5, 5.41) is 0. The van der Waals surface area contributed by atoms with Crippen molar-refractivity contribution in [3.8, 4) is 0 Å². The topological polar surface area (TPSA) is 73.0 Å². The van der Waals surface area contributed by atoms with Crippen molar-refractivity contribution in [2.75, 3.05) is 5.73 Å². The number of rotatable bonds is 2. The van der Waals surface area contributed by atoms with Crippen LogP contribution in [0.5, 0.6) is 0 Å². The minimum absolute atomic E-state index is 0.195. The molecular weight excluding hydrogens is 317 g/mol. The van der Waals surface area contributed by atoms with Gasteiger partial charge in [-0.1, -0.05) is 0 Å². The van der Waals surface area contributed by atoms with E-state index < -0.39 is 31.6 Å². The molecule has 0 aliphatic rings. The smallest absolute Gasteiger partial charge is 0.267 e. The molecule has 0 unspecified atom stereocenters. The molecule has 9 heteroatoms. The highest BCUT2D eigenvalue weighted by Crippen LogP contribution is 2.35. The molecule has 0 saturated heterocycles. The van der Waals surface area contributed by atoms with Crippen LogP contribution in [0.3, 0.4) is 0 Å². The van der Waals surface area contributed by atoms with Gasteiger partial charge in [0.05, 0.1) is 11.3 Å². The van der Waals surface area contributed by atoms with Crippen molar-refractivity contribution >= 4 is 41.4 Å². The summed E-state index contributed by atoms with van der Waals surface area (Å²) in [6.07, 6.45) is -2.13. The molecule has 0 saturated carbocycles. The lowest BCUT2D eigenvalue weighted by Gasteiger charge is -2.08. The summed E-state index contributed by atoms with van der Waals surface area (Å²) < 4.78 is 46.6. The van der Waals surface area contributed by atoms with Gasteiger partial charge in [-0.25, -0.2) is 22.2 Å². The second kappa shape index (κ2) is 4.18. The first-order chi connectivity index (χ1) is 6.75. The number of alkyl halides is 2. The zero-order valence-corrected chi connectivity index (χ0v) is 10.1. The van der Waals surface area contributed by atoms with Gasteiger partial charge in [0.2, 0.25) is 0 Å². The van der Waals surface area contributed by atoms with Gasteiger partial charge in [0.25, 0.3) is 15.5 Å². The van der Waals surface area contributed by atoms with Crippen molar-refractivity contribution in [1.82, 2.24) is 4.98 Å². The van der Waals surface area contributed by atoms with Crippen LogP contribution in [0, 0.1) is 0 Å². The molecule has 2 N–H and O–H groups in total. The fourth-order valence-electron chi connectivity index (χ4n) is 0.902. The van der Waals surface area contributed by atoms with Gasteiger partial charge in [-0.05, 0) is 15.9 Å². The molecule has 0 radical (unpaired) electrons. The van der Waals surface area contributed by atoms with E-state index in [0.717, 1.165) is 6.20 Å². The second-order valence-corrected chi connectivity index (χ2v) is 5.74. The molecule has 0 amide bonds. The van der Waals surface area contributed by atoms with Crippen LogP contribution in [0.2, 0.25) is 0 Å². The number of nitrogens with two attached hydrogens (primary N) is 1. The van der Waals surface area contributed by atoms with E-state index in [-0.39, 0.29) is 4.60 Å². The van der Waals surface area contributed by atoms with Crippen molar-refractivity contribution in [2.24, 2.45) is 0 Å². The SMILES string of the molecule is Nc1c(C(F)F)cnc(Br)c1S(=O)(=O)Cl. The zero-order valence-electron chi connectivity index (χ0n) is 6.92. The molecule has 1 heterocycles. The van der Waals surface area contributed by atoms with E-state index in [1.807, 2.05) is 0 Å². The van der Waals surface area contributed by atoms with Crippen molar-refractivity contribution < 1.29 is 17.2 Å². The molecule has 4 nitrogen and oxygen atoms in total. The molecule has 0 aliphatic carbocycles. The number of aromatic nitrogens is 1. The van der Waals surface area contributed by atoms with Crippen LogP contribution < -0.4 is 5.73 Å². The summed E-state index contributed by atoms with van der Waals surface area (Å²) in [6.45, 7) is 0. The Balaban J connectivity index is 3.59. The average Bonchev–Trinajstić information content (AvgIpc) is 2.00. The Kier molecular flexibility index (Phi) is 3.51. The number of anilines is 1. The van der Waals surface area contributed by atoms with E-state index in [2.05, 4.69) is 20.9 Å². The van der Waals surface area contributed by atoms with Crippen molar-refractivity contribution in [2.45, 2.75) is 11.3 Å². The van der Waals surface area contributed by atoms with Crippen LogP contribution >= 0.6 is 26.6 Å². The molecular formula is C6H4BrClF2N2O2S. The molecule has 0 spiro atoms. The maximum absolute atomic E-state index is 12.4. The van der Waals surface area contributed by atoms with Gasteiger partial charge in [-0.3, -0.25) is 0 Å². The Hall–Kier alpha value is -0.470. The fourth-order valence-corrected chi connectivity index (χ4v) is 3.24. The maximum atomic E-state index is 12.4. The van der Waals surface area contributed by atoms with Crippen LogP contribution in [-0.4, -0.2) is 13.4 Å². The van der Waals surface area contributed by atoms with Gasteiger partial charge < -0.3 is 5.73 Å². The molecule has 15 heavy (non-hydrogen) atoms. The van der Waals surface area contributed by atoms with E-state index in [1.165, 1.54) is 0 Å². The van der Waals surface area contributed by atoms with E-state index in [4.69, 9.17) is 16.4 Å². The molecule has 0 fully saturated rings. The zero-order chi connectivity index (χ0) is 11.8. The van der Waals surface area contributed by atoms with Crippen LogP contribution in [0.4, 0.5) is 14.5 Å². The average molecular weight is 322 g/mol. The first-order valence-corrected chi connectivity index (χ1v) is 6.52. The third-order valence-electron chi connectivity index (χ3n) is 1.54. The van der Waals surface area contributed by atoms with Gasteiger partial charge in [-0.2, -0.15) is 0 Å². The number of pyridine rings is 1. The van der Waals surface area contributed by atoms with E-state index in [9.17, 15) is 17.2 Å². The predicted molar refractivity (Wildman–Crippen MR) is 54.3 cm³/mol. The van der Waals surface area contributed by atoms with Crippen molar-refractivity contribution in [1.29, 1.82) is 0 Å². The lowest BCUT2D eigenvalue weighted by Crippen LogP contribution is -2.05. The quantitative estimate of drug-likeness (QED) is 0.670. The molecule has 84 valence electrons. The molecule has 0 aromatic carbocycles. The Morgan fingerprint density at radius 2 is 2.07 bits per heavy atom. The summed E-state index contributed by atoms with van der Waals surface area (Å²) >= 11 is 2.77. The number of nitrogens with zero attached hydrogens (tertiary/aromatic N) is 1. The third kappa shape index (κ3) is 2.56. The van der Waals surface area contributed by atoms with Crippen LogP contribution in [0.15, 0.2) is 15.7 Å². The maximum Gasteiger partial charge on any atom is 0.267 e. The first kappa shape index (κ1) is 12.6. The van der Waals surface area contributed by atoms with Crippen LogP contribution in [0.1, 0.15) is 12.0 Å². The lowest BCUT2D eigenvalue weighted by atomic mass is 10.2. The molecule has 0 aliphatic heterocycles. The lowest BCUT2D eigenvalue weighted by molar-refractivity contribution is 0.151. The molecule has 1 aromatic heterocycles. The van der Waals surface area contributed by atoms with Gasteiger partial charge in [0.15, 0.2) is 0 Å². The largest absolute Gasteiger partial charge is 0.397 e. The standard InChI is InChI=1S/C6H4BrClF2N2O2S/c7-5-4(15(8,13)14)3(11)2(1-12-5)6(9)10/h1,6H,(H2,11,12). The molecule has 0 atom stereocenters. The van der Waals surface area contributed by atoms with Crippen LogP contribution in [0.25, 0.3) is 0 Å². The first-order valence-electron chi connectivity index (χ1n) is 3.42. The van der Waals surface area contributed by atoms with Gasteiger partial charge >= 0.3 is 0 Å². The Bertz CT molecular complexity index is 494. The number of nitrogen functional groups attached to an aromatic ring is 1. The third-order valence-corrected chi connectivity index (χ3v) is 3.77. The summed E-state index contributed by atoms with van der Waals surface area (Å²) in [6, 6.07) is 0. The highest BCUT2D eigenvalue weighted by atomic mass is 79.9.